The Morgan fingerprint density at radius 3 is 2.05 bits per heavy atom. The van der Waals surface area contributed by atoms with Gasteiger partial charge >= 0.3 is 17.9 Å². The number of fused-ring (bicyclic) bond motifs is 2. The lowest BCUT2D eigenvalue weighted by atomic mass is 9.83. The summed E-state index contributed by atoms with van der Waals surface area (Å²) in [5, 5.41) is 0. The van der Waals surface area contributed by atoms with Crippen molar-refractivity contribution in [3.63, 3.8) is 0 Å². The Bertz CT molecular complexity index is 1460. The topological polar surface area (TPSA) is 97.4 Å². The Kier molecular flexibility index (Phi) is 9.68. The van der Waals surface area contributed by atoms with Crippen molar-refractivity contribution in [2.24, 2.45) is 11.8 Å². The van der Waals surface area contributed by atoms with E-state index in [-0.39, 0.29) is 25.0 Å². The molecular weight excluding hydrogens is 588 g/mol. The van der Waals surface area contributed by atoms with Gasteiger partial charge in [0.15, 0.2) is 20.8 Å². The maximum Gasteiger partial charge on any atom is 0.303 e. The van der Waals surface area contributed by atoms with Crippen molar-refractivity contribution in [1.82, 2.24) is 0 Å². The van der Waals surface area contributed by atoms with Crippen molar-refractivity contribution in [1.29, 1.82) is 0 Å². The third-order valence-corrected chi connectivity index (χ3v) is 11.3. The standard InChI is InChI=1S/C33H35O8S2/c1-19-20(2)32(39-23(5)36)33(41-27(19)18-38-22(4)35)40-26-15-14-25(16-24(26)17-37-21(3)34)43-30-12-8-6-10-28(30)42-29-11-7-9-13-31(29)43/h6-16,19-20,27,32-33H,17-18H2,1-5H3/q+1/t19-,20-,27?,32?,33+/m0/s1. The highest BCUT2D eigenvalue weighted by molar-refractivity contribution is 8.04. The van der Waals surface area contributed by atoms with E-state index < -0.39 is 47.3 Å². The minimum atomic E-state index is -0.979. The van der Waals surface area contributed by atoms with Crippen LogP contribution in [0.3, 0.4) is 0 Å². The highest BCUT2D eigenvalue weighted by Gasteiger charge is 2.46. The minimum absolute atomic E-state index is 0.0124. The molecule has 0 aliphatic carbocycles. The van der Waals surface area contributed by atoms with Crippen LogP contribution in [0.15, 0.2) is 91.2 Å². The molecule has 5 rings (SSSR count). The van der Waals surface area contributed by atoms with Crippen molar-refractivity contribution < 1.29 is 38.1 Å². The predicted molar refractivity (Wildman–Crippen MR) is 161 cm³/mol. The van der Waals surface area contributed by atoms with Gasteiger partial charge in [0.1, 0.15) is 29.9 Å². The zero-order valence-electron chi connectivity index (χ0n) is 24.7. The zero-order valence-corrected chi connectivity index (χ0v) is 26.4. The van der Waals surface area contributed by atoms with E-state index in [0.29, 0.717) is 11.3 Å². The van der Waals surface area contributed by atoms with Gasteiger partial charge in [0.05, 0.1) is 15.9 Å². The lowest BCUT2D eigenvalue weighted by molar-refractivity contribution is -0.253. The first-order valence-electron chi connectivity index (χ1n) is 14.1. The summed E-state index contributed by atoms with van der Waals surface area (Å²) in [6.45, 7) is 8.01. The molecule has 43 heavy (non-hydrogen) atoms. The Morgan fingerprint density at radius 1 is 0.814 bits per heavy atom. The molecule has 5 atom stereocenters. The van der Waals surface area contributed by atoms with Crippen molar-refractivity contribution in [2.75, 3.05) is 6.61 Å². The maximum absolute atomic E-state index is 12.1. The van der Waals surface area contributed by atoms with Crippen LogP contribution in [-0.4, -0.2) is 43.0 Å². The van der Waals surface area contributed by atoms with Gasteiger partial charge in [-0.25, -0.2) is 0 Å². The van der Waals surface area contributed by atoms with Gasteiger partial charge < -0.3 is 23.7 Å². The average molecular weight is 624 g/mol. The van der Waals surface area contributed by atoms with Crippen molar-refractivity contribution in [3.05, 3.63) is 72.3 Å². The number of carbonyl (C=O) groups excluding carboxylic acids is 3. The van der Waals surface area contributed by atoms with Crippen LogP contribution in [0.2, 0.25) is 0 Å². The Labute approximate surface area is 258 Å². The summed E-state index contributed by atoms with van der Waals surface area (Å²) < 4.78 is 29.1. The lowest BCUT2D eigenvalue weighted by Crippen LogP contribution is -2.54. The normalized spacial score (nSPS) is 23.0. The van der Waals surface area contributed by atoms with E-state index in [0.717, 1.165) is 4.90 Å². The number of hydrogen-bond donors (Lipinski definition) is 0. The number of hydrogen-bond acceptors (Lipinski definition) is 9. The fraction of sp³-hybridized carbons (Fsp3) is 0.364. The molecule has 0 spiro atoms. The van der Waals surface area contributed by atoms with E-state index in [4.69, 9.17) is 23.7 Å². The highest BCUT2D eigenvalue weighted by atomic mass is 32.2. The van der Waals surface area contributed by atoms with Crippen LogP contribution in [0.5, 0.6) is 5.75 Å². The maximum atomic E-state index is 12.1. The molecular formula is C33H35O8S2+. The van der Waals surface area contributed by atoms with E-state index in [1.165, 1.54) is 40.4 Å². The molecule has 2 aliphatic heterocycles. The molecule has 0 aromatic heterocycles. The van der Waals surface area contributed by atoms with E-state index in [9.17, 15) is 14.4 Å². The second kappa shape index (κ2) is 13.4. The second-order valence-corrected chi connectivity index (χ2v) is 13.7. The molecule has 3 aromatic carbocycles. The highest BCUT2D eigenvalue weighted by Crippen LogP contribution is 2.48. The Morgan fingerprint density at radius 2 is 1.44 bits per heavy atom. The predicted octanol–water partition coefficient (Wildman–Crippen LogP) is 6.18. The molecule has 226 valence electrons. The molecule has 2 heterocycles. The smallest absolute Gasteiger partial charge is 0.303 e. The van der Waals surface area contributed by atoms with Gasteiger partial charge in [-0.15, -0.1) is 0 Å². The van der Waals surface area contributed by atoms with Crippen LogP contribution >= 0.6 is 11.8 Å². The molecule has 0 radical (unpaired) electrons. The first kappa shape index (κ1) is 31.0. The SMILES string of the molecule is CC(=O)OCc1cc([S+]2c3ccccc3Sc3ccccc32)ccc1O[C@@H]1OC(COC(C)=O)[C@@H](C)[C@H](C)C1OC(C)=O. The van der Waals surface area contributed by atoms with Crippen LogP contribution in [-0.2, 0) is 50.8 Å². The van der Waals surface area contributed by atoms with Gasteiger partial charge in [0.25, 0.3) is 0 Å². The summed E-state index contributed by atoms with van der Waals surface area (Å²) in [4.78, 5) is 41.3. The van der Waals surface area contributed by atoms with Crippen LogP contribution in [0.25, 0.3) is 0 Å². The molecule has 1 fully saturated rings. The van der Waals surface area contributed by atoms with Gasteiger partial charge in [0.2, 0.25) is 6.29 Å². The summed E-state index contributed by atoms with van der Waals surface area (Å²) in [5.41, 5.74) is 0.654. The Hall–Kier alpha value is -3.47. The summed E-state index contributed by atoms with van der Waals surface area (Å²) in [6, 6.07) is 22.7. The molecule has 8 nitrogen and oxygen atoms in total. The fourth-order valence-electron chi connectivity index (χ4n) is 5.21. The van der Waals surface area contributed by atoms with Gasteiger partial charge in [0, 0.05) is 38.3 Å². The molecule has 2 unspecified atom stereocenters. The number of rotatable bonds is 8. The summed E-state index contributed by atoms with van der Waals surface area (Å²) in [5.74, 6) is -1.09. The number of ether oxygens (including phenoxy) is 5. The number of carbonyl (C=O) groups is 3. The van der Waals surface area contributed by atoms with Crippen LogP contribution in [0.4, 0.5) is 0 Å². The van der Waals surface area contributed by atoms with Gasteiger partial charge in [-0.05, 0) is 42.3 Å². The van der Waals surface area contributed by atoms with E-state index >= 15 is 0 Å². The third kappa shape index (κ3) is 7.03. The summed E-state index contributed by atoms with van der Waals surface area (Å²) >= 11 is 1.76. The quantitative estimate of drug-likeness (QED) is 0.129. The van der Waals surface area contributed by atoms with Crippen LogP contribution in [0, 0.1) is 11.8 Å². The van der Waals surface area contributed by atoms with Gasteiger partial charge in [-0.2, -0.15) is 0 Å². The minimum Gasteiger partial charge on any atom is -0.463 e. The van der Waals surface area contributed by atoms with E-state index in [2.05, 4.69) is 36.4 Å². The fourth-order valence-corrected chi connectivity index (χ4v) is 9.01. The summed E-state index contributed by atoms with van der Waals surface area (Å²) in [7, 11) is -0.402. The second-order valence-electron chi connectivity index (χ2n) is 10.6. The van der Waals surface area contributed by atoms with Crippen molar-refractivity contribution in [2.45, 2.75) is 84.2 Å². The molecule has 10 heteroatoms. The van der Waals surface area contributed by atoms with Crippen molar-refractivity contribution >= 4 is 40.6 Å². The zero-order chi connectivity index (χ0) is 30.7. The molecule has 1 saturated heterocycles. The third-order valence-electron chi connectivity index (χ3n) is 7.56. The molecule has 0 N–H and O–H groups in total. The monoisotopic (exact) mass is 623 g/mol. The molecule has 3 aromatic rings. The van der Waals surface area contributed by atoms with Gasteiger partial charge in [-0.1, -0.05) is 49.9 Å². The summed E-state index contributed by atoms with van der Waals surface area (Å²) in [6.07, 6.45) is -2.16. The largest absolute Gasteiger partial charge is 0.463 e. The molecule has 0 amide bonds. The van der Waals surface area contributed by atoms with Gasteiger partial charge in [-0.3, -0.25) is 14.4 Å². The molecule has 0 bridgehead atoms. The number of benzene rings is 3. The van der Waals surface area contributed by atoms with E-state index in [1.54, 1.807) is 11.8 Å². The van der Waals surface area contributed by atoms with Crippen molar-refractivity contribution in [3.8, 4) is 5.75 Å². The van der Waals surface area contributed by atoms with Crippen LogP contribution in [0.1, 0.15) is 40.2 Å². The first-order chi connectivity index (χ1) is 20.6. The molecule has 0 saturated carbocycles. The average Bonchev–Trinajstić information content (AvgIpc) is 2.98. The van der Waals surface area contributed by atoms with E-state index in [1.807, 2.05) is 44.2 Å². The first-order valence-corrected chi connectivity index (χ1v) is 16.2. The van der Waals surface area contributed by atoms with Crippen LogP contribution < -0.4 is 4.74 Å². The number of esters is 3. The Balaban J connectivity index is 1.52. The lowest BCUT2D eigenvalue weighted by Gasteiger charge is -2.43. The molecule has 2 aliphatic rings.